The van der Waals surface area contributed by atoms with Crippen molar-refractivity contribution in [3.05, 3.63) is 0 Å². The first kappa shape index (κ1) is 12.1. The van der Waals surface area contributed by atoms with Crippen molar-refractivity contribution in [3.8, 4) is 11.8 Å². The largest absolute Gasteiger partial charge is 0.481 e. The van der Waals surface area contributed by atoms with Crippen LogP contribution in [0.1, 0.15) is 47.0 Å². The number of hydrogen-bond donors (Lipinski definition) is 1. The summed E-state index contributed by atoms with van der Waals surface area (Å²) in [5.74, 6) is 5.78. The Morgan fingerprint density at radius 3 is 2.20 bits per heavy atom. The summed E-state index contributed by atoms with van der Waals surface area (Å²) in [6.45, 7) is 7.93. The number of rotatable bonds is 3. The number of hydrogen-bond acceptors (Lipinski definition) is 1. The first-order chi connectivity index (χ1) is 6.76. The van der Waals surface area contributed by atoms with E-state index in [0.29, 0.717) is 12.3 Å². The second-order valence-electron chi connectivity index (χ2n) is 5.73. The molecule has 0 heterocycles. The highest BCUT2D eigenvalue weighted by atomic mass is 16.4. The third-order valence-corrected chi connectivity index (χ3v) is 2.89. The smallest absolute Gasteiger partial charge is 0.310 e. The maximum atomic E-state index is 11.2. The van der Waals surface area contributed by atoms with E-state index in [0.717, 1.165) is 12.8 Å². The van der Waals surface area contributed by atoms with E-state index in [1.54, 1.807) is 0 Å². The maximum Gasteiger partial charge on any atom is 0.310 e. The Labute approximate surface area is 92.1 Å². The zero-order valence-electron chi connectivity index (χ0n) is 10.1. The summed E-state index contributed by atoms with van der Waals surface area (Å²) in [4.78, 5) is 11.2. The fraction of sp³-hybridized carbons (Fsp3) is 0.769. The Kier molecular flexibility index (Phi) is 3.13. The van der Waals surface area contributed by atoms with E-state index >= 15 is 0 Å². The van der Waals surface area contributed by atoms with Gasteiger partial charge in [-0.05, 0) is 46.5 Å². The molecule has 1 atom stereocenters. The van der Waals surface area contributed by atoms with Gasteiger partial charge in [-0.25, -0.2) is 0 Å². The van der Waals surface area contributed by atoms with E-state index in [9.17, 15) is 9.90 Å². The molecule has 1 aliphatic carbocycles. The van der Waals surface area contributed by atoms with Crippen LogP contribution in [0.15, 0.2) is 0 Å². The number of aliphatic carboxylic acids is 1. The molecule has 15 heavy (non-hydrogen) atoms. The van der Waals surface area contributed by atoms with Crippen molar-refractivity contribution >= 4 is 5.97 Å². The minimum absolute atomic E-state index is 0.0387. The monoisotopic (exact) mass is 208 g/mol. The van der Waals surface area contributed by atoms with E-state index in [1.165, 1.54) is 0 Å². The Balaban J connectivity index is 2.67. The quantitative estimate of drug-likeness (QED) is 0.724. The van der Waals surface area contributed by atoms with Crippen LogP contribution in [0.5, 0.6) is 0 Å². The molecule has 0 aromatic carbocycles. The Bertz CT molecular complexity index is 310. The molecule has 1 fully saturated rings. The van der Waals surface area contributed by atoms with Gasteiger partial charge in [-0.15, -0.1) is 5.92 Å². The standard InChI is InChI=1S/C13H20O2/c1-12(2,3)8-5-9-13(4,11(14)15)10-6-7-10/h10H,6-7,9H2,1-4H3,(H,14,15). The molecule has 1 N–H and O–H groups in total. The molecule has 1 rings (SSSR count). The van der Waals surface area contributed by atoms with Gasteiger partial charge >= 0.3 is 5.97 Å². The fourth-order valence-electron chi connectivity index (χ4n) is 1.61. The second-order valence-corrected chi connectivity index (χ2v) is 5.73. The van der Waals surface area contributed by atoms with Gasteiger partial charge in [0.1, 0.15) is 0 Å². The molecular formula is C13H20O2. The predicted molar refractivity (Wildman–Crippen MR) is 60.3 cm³/mol. The molecule has 0 aromatic rings. The Morgan fingerprint density at radius 1 is 1.33 bits per heavy atom. The molecule has 2 heteroatoms. The van der Waals surface area contributed by atoms with Crippen molar-refractivity contribution in [3.63, 3.8) is 0 Å². The normalized spacial score (nSPS) is 20.0. The summed E-state index contributed by atoms with van der Waals surface area (Å²) >= 11 is 0. The van der Waals surface area contributed by atoms with Gasteiger partial charge < -0.3 is 5.11 Å². The lowest BCUT2D eigenvalue weighted by molar-refractivity contribution is -0.148. The number of carboxylic acid groups (broad SMARTS) is 1. The zero-order chi connectivity index (χ0) is 11.7. The molecule has 0 aliphatic heterocycles. The highest BCUT2D eigenvalue weighted by molar-refractivity contribution is 5.75. The van der Waals surface area contributed by atoms with Crippen molar-refractivity contribution in [1.82, 2.24) is 0 Å². The summed E-state index contributed by atoms with van der Waals surface area (Å²) in [6.07, 6.45) is 2.56. The molecule has 0 amide bonds. The number of carboxylic acids is 1. The molecule has 0 saturated heterocycles. The maximum absolute atomic E-state index is 11.2. The summed E-state index contributed by atoms with van der Waals surface area (Å²) in [5, 5.41) is 9.20. The first-order valence-corrected chi connectivity index (χ1v) is 5.49. The molecule has 0 spiro atoms. The molecule has 0 radical (unpaired) electrons. The van der Waals surface area contributed by atoms with Crippen LogP contribution in [0.3, 0.4) is 0 Å². The van der Waals surface area contributed by atoms with Crippen molar-refractivity contribution in [2.45, 2.75) is 47.0 Å². The summed E-state index contributed by atoms with van der Waals surface area (Å²) < 4.78 is 0. The van der Waals surface area contributed by atoms with Gasteiger partial charge in [0, 0.05) is 11.8 Å². The predicted octanol–water partition coefficient (Wildman–Crippen LogP) is 2.93. The first-order valence-electron chi connectivity index (χ1n) is 5.49. The minimum atomic E-state index is -0.701. The van der Waals surface area contributed by atoms with Crippen molar-refractivity contribution < 1.29 is 9.90 Å². The average molecular weight is 208 g/mol. The van der Waals surface area contributed by atoms with E-state index < -0.39 is 11.4 Å². The average Bonchev–Trinajstić information content (AvgIpc) is 2.82. The Hall–Kier alpha value is -0.970. The van der Waals surface area contributed by atoms with Gasteiger partial charge in [-0.2, -0.15) is 0 Å². The Morgan fingerprint density at radius 2 is 1.87 bits per heavy atom. The number of carbonyl (C=O) groups is 1. The van der Waals surface area contributed by atoms with Crippen molar-refractivity contribution in [1.29, 1.82) is 0 Å². The molecule has 0 aromatic heterocycles. The van der Waals surface area contributed by atoms with Crippen LogP contribution in [-0.2, 0) is 4.79 Å². The molecule has 1 saturated carbocycles. The van der Waals surface area contributed by atoms with Crippen LogP contribution in [0.4, 0.5) is 0 Å². The molecule has 1 unspecified atom stereocenters. The molecular weight excluding hydrogens is 188 g/mol. The zero-order valence-corrected chi connectivity index (χ0v) is 10.1. The van der Waals surface area contributed by atoms with Gasteiger partial charge in [-0.1, -0.05) is 5.92 Å². The molecule has 1 aliphatic rings. The third kappa shape index (κ3) is 3.27. The summed E-state index contributed by atoms with van der Waals surface area (Å²) in [6, 6.07) is 0. The SMILES string of the molecule is CC(C)(C)C#CCC(C)(C(=O)O)C1CC1. The lowest BCUT2D eigenvalue weighted by Gasteiger charge is -2.21. The minimum Gasteiger partial charge on any atom is -0.481 e. The van der Waals surface area contributed by atoms with Crippen LogP contribution >= 0.6 is 0 Å². The highest BCUT2D eigenvalue weighted by Gasteiger charge is 2.46. The summed E-state index contributed by atoms with van der Waals surface area (Å²) in [5.41, 5.74) is -0.665. The molecule has 84 valence electrons. The van der Waals surface area contributed by atoms with Gasteiger partial charge in [0.05, 0.1) is 5.41 Å². The van der Waals surface area contributed by atoms with Crippen LogP contribution in [0.2, 0.25) is 0 Å². The van der Waals surface area contributed by atoms with Crippen LogP contribution in [-0.4, -0.2) is 11.1 Å². The van der Waals surface area contributed by atoms with Crippen molar-refractivity contribution in [2.75, 3.05) is 0 Å². The van der Waals surface area contributed by atoms with Gasteiger partial charge in [0.15, 0.2) is 0 Å². The topological polar surface area (TPSA) is 37.3 Å². The summed E-state index contributed by atoms with van der Waals surface area (Å²) in [7, 11) is 0. The van der Waals surface area contributed by atoms with Crippen LogP contribution < -0.4 is 0 Å². The van der Waals surface area contributed by atoms with E-state index in [4.69, 9.17) is 0 Å². The molecule has 0 bridgehead atoms. The van der Waals surface area contributed by atoms with Gasteiger partial charge in [0.25, 0.3) is 0 Å². The van der Waals surface area contributed by atoms with Crippen molar-refractivity contribution in [2.24, 2.45) is 16.7 Å². The fourth-order valence-corrected chi connectivity index (χ4v) is 1.61. The second kappa shape index (κ2) is 3.89. The lowest BCUT2D eigenvalue weighted by atomic mass is 9.81. The van der Waals surface area contributed by atoms with E-state index in [1.807, 2.05) is 27.7 Å². The van der Waals surface area contributed by atoms with Gasteiger partial charge in [-0.3, -0.25) is 4.79 Å². The van der Waals surface area contributed by atoms with Gasteiger partial charge in [0.2, 0.25) is 0 Å². The highest BCUT2D eigenvalue weighted by Crippen LogP contribution is 2.47. The van der Waals surface area contributed by atoms with Crippen LogP contribution in [0.25, 0.3) is 0 Å². The third-order valence-electron chi connectivity index (χ3n) is 2.89. The van der Waals surface area contributed by atoms with Crippen LogP contribution in [0, 0.1) is 28.6 Å². The van der Waals surface area contributed by atoms with E-state index in [-0.39, 0.29) is 5.41 Å². The lowest BCUT2D eigenvalue weighted by Crippen LogP contribution is -2.29. The van der Waals surface area contributed by atoms with E-state index in [2.05, 4.69) is 11.8 Å². The molecule has 2 nitrogen and oxygen atoms in total.